The topological polar surface area (TPSA) is 104 Å². The summed E-state index contributed by atoms with van der Waals surface area (Å²) in [4.78, 5) is 17.3. The number of nitrogens with zero attached hydrogens (tertiary/aromatic N) is 3. The first-order chi connectivity index (χ1) is 17.7. The van der Waals surface area contributed by atoms with E-state index in [2.05, 4.69) is 10.1 Å². The van der Waals surface area contributed by atoms with Crippen molar-refractivity contribution in [3.8, 4) is 22.8 Å². The molecule has 0 N–H and O–H groups in total. The van der Waals surface area contributed by atoms with Gasteiger partial charge in [-0.3, -0.25) is 9.36 Å². The second-order valence-electron chi connectivity index (χ2n) is 7.98. The van der Waals surface area contributed by atoms with Crippen LogP contribution in [0.5, 0.6) is 5.88 Å². The Kier molecular flexibility index (Phi) is 6.26. The van der Waals surface area contributed by atoms with Gasteiger partial charge in [-0.05, 0) is 42.5 Å². The van der Waals surface area contributed by atoms with Gasteiger partial charge in [-0.15, -0.1) is 0 Å². The SMILES string of the molecule is COc1nc(-c2cc(F)cc(F)c2)c(Cl)cc1-n1c(=O)ccc2cc(S(=O)(=O)Cc3ccon3)ccc21. The molecule has 0 aliphatic heterocycles. The summed E-state index contributed by atoms with van der Waals surface area (Å²) in [5.74, 6) is -2.02. The van der Waals surface area contributed by atoms with Crippen molar-refractivity contribution >= 4 is 32.3 Å². The predicted octanol–water partition coefficient (Wildman–Crippen LogP) is 4.95. The van der Waals surface area contributed by atoms with E-state index in [1.807, 2.05) is 0 Å². The molecule has 3 heterocycles. The lowest BCUT2D eigenvalue weighted by Gasteiger charge is -2.16. The molecule has 12 heteroatoms. The highest BCUT2D eigenvalue weighted by molar-refractivity contribution is 7.90. The number of halogens is 3. The Bertz CT molecular complexity index is 1800. The van der Waals surface area contributed by atoms with Crippen LogP contribution in [-0.4, -0.2) is 30.2 Å². The number of rotatable bonds is 6. The molecule has 188 valence electrons. The van der Waals surface area contributed by atoms with Crippen molar-refractivity contribution < 1.29 is 26.5 Å². The minimum absolute atomic E-state index is 0.0107. The minimum Gasteiger partial charge on any atom is -0.479 e. The molecule has 3 aromatic heterocycles. The Morgan fingerprint density at radius 3 is 2.46 bits per heavy atom. The van der Waals surface area contributed by atoms with Gasteiger partial charge in [0.1, 0.15) is 29.3 Å². The molecule has 0 bridgehead atoms. The largest absolute Gasteiger partial charge is 0.479 e. The normalized spacial score (nSPS) is 11.7. The molecule has 8 nitrogen and oxygen atoms in total. The lowest BCUT2D eigenvalue weighted by molar-refractivity contribution is 0.396. The van der Waals surface area contributed by atoms with Gasteiger partial charge in [0.15, 0.2) is 9.84 Å². The van der Waals surface area contributed by atoms with Gasteiger partial charge >= 0.3 is 0 Å². The number of hydrogen-bond donors (Lipinski definition) is 0. The molecule has 0 spiro atoms. The Labute approximate surface area is 213 Å². The van der Waals surface area contributed by atoms with Crippen molar-refractivity contribution in [3.63, 3.8) is 0 Å². The molecule has 0 saturated carbocycles. The molecule has 0 aliphatic rings. The third kappa shape index (κ3) is 4.70. The van der Waals surface area contributed by atoms with E-state index in [9.17, 15) is 22.0 Å². The lowest BCUT2D eigenvalue weighted by Crippen LogP contribution is -2.19. The van der Waals surface area contributed by atoms with Crippen LogP contribution in [0, 0.1) is 11.6 Å². The molecule has 0 aliphatic carbocycles. The van der Waals surface area contributed by atoms with Crippen LogP contribution in [0.3, 0.4) is 0 Å². The van der Waals surface area contributed by atoms with E-state index in [0.717, 1.165) is 18.2 Å². The summed E-state index contributed by atoms with van der Waals surface area (Å²) in [5, 5.41) is 4.10. The first-order valence-electron chi connectivity index (χ1n) is 10.7. The standard InChI is InChI=1S/C25H16ClF2N3O5S/c1-35-25-22(12-20(26)24(29-25)15-8-16(27)11-17(28)9-15)31-21-4-3-19(10-14(21)2-5-23(31)32)37(33,34)13-18-6-7-36-30-18/h2-12H,13H2,1H3. The van der Waals surface area contributed by atoms with Crippen LogP contribution >= 0.6 is 11.6 Å². The van der Waals surface area contributed by atoms with Gasteiger partial charge in [0.2, 0.25) is 5.88 Å². The molecule has 0 atom stereocenters. The van der Waals surface area contributed by atoms with Crippen LogP contribution in [0.1, 0.15) is 5.69 Å². The highest BCUT2D eigenvalue weighted by atomic mass is 35.5. The summed E-state index contributed by atoms with van der Waals surface area (Å²) < 4.78 is 64.7. The van der Waals surface area contributed by atoms with Crippen LogP contribution in [0.25, 0.3) is 27.8 Å². The zero-order chi connectivity index (χ0) is 26.3. The number of pyridine rings is 2. The Balaban J connectivity index is 1.65. The smallest absolute Gasteiger partial charge is 0.255 e. The molecular formula is C25H16ClF2N3O5S. The average molecular weight is 544 g/mol. The average Bonchev–Trinajstić information content (AvgIpc) is 3.35. The van der Waals surface area contributed by atoms with E-state index < -0.39 is 27.0 Å². The molecule has 5 aromatic rings. The second kappa shape index (κ2) is 9.41. The van der Waals surface area contributed by atoms with Gasteiger partial charge in [0.25, 0.3) is 5.56 Å². The first-order valence-corrected chi connectivity index (χ1v) is 12.7. The fraction of sp³-hybridized carbons (Fsp3) is 0.0800. The Hall–Kier alpha value is -4.09. The number of fused-ring (bicyclic) bond motifs is 1. The molecule has 0 fully saturated rings. The van der Waals surface area contributed by atoms with E-state index in [4.69, 9.17) is 20.9 Å². The van der Waals surface area contributed by atoms with Crippen LogP contribution in [-0.2, 0) is 15.6 Å². The maximum absolute atomic E-state index is 13.8. The molecule has 5 rings (SSSR count). The van der Waals surface area contributed by atoms with Gasteiger partial charge in [0.05, 0.1) is 33.9 Å². The molecule has 2 aromatic carbocycles. The molecular weight excluding hydrogens is 528 g/mol. The zero-order valence-electron chi connectivity index (χ0n) is 19.0. The monoisotopic (exact) mass is 543 g/mol. The van der Waals surface area contributed by atoms with E-state index in [0.29, 0.717) is 10.9 Å². The maximum atomic E-state index is 13.8. The number of sulfone groups is 1. The summed E-state index contributed by atoms with van der Waals surface area (Å²) >= 11 is 6.43. The predicted molar refractivity (Wildman–Crippen MR) is 132 cm³/mol. The quantitative estimate of drug-likeness (QED) is 0.298. The third-order valence-electron chi connectivity index (χ3n) is 5.55. The number of hydrogen-bond acceptors (Lipinski definition) is 7. The Morgan fingerprint density at radius 1 is 1.03 bits per heavy atom. The fourth-order valence-corrected chi connectivity index (χ4v) is 5.46. The van der Waals surface area contributed by atoms with E-state index in [1.165, 1.54) is 60.4 Å². The highest BCUT2D eigenvalue weighted by Gasteiger charge is 2.21. The van der Waals surface area contributed by atoms with Crippen molar-refractivity contribution in [2.45, 2.75) is 10.6 Å². The van der Waals surface area contributed by atoms with Gasteiger partial charge in [-0.1, -0.05) is 16.8 Å². The van der Waals surface area contributed by atoms with Gasteiger partial charge in [-0.2, -0.15) is 0 Å². The molecule has 0 amide bonds. The minimum atomic E-state index is -3.75. The second-order valence-corrected chi connectivity index (χ2v) is 10.4. The molecule has 0 unspecified atom stereocenters. The fourth-order valence-electron chi connectivity index (χ4n) is 3.92. The van der Waals surface area contributed by atoms with Crippen molar-refractivity contribution in [1.82, 2.24) is 14.7 Å². The zero-order valence-corrected chi connectivity index (χ0v) is 20.6. The van der Waals surface area contributed by atoms with Crippen LogP contribution < -0.4 is 10.3 Å². The lowest BCUT2D eigenvalue weighted by atomic mass is 10.1. The van der Waals surface area contributed by atoms with Gasteiger partial charge in [-0.25, -0.2) is 22.2 Å². The third-order valence-corrected chi connectivity index (χ3v) is 7.48. The van der Waals surface area contributed by atoms with Gasteiger partial charge in [0, 0.05) is 29.1 Å². The molecule has 0 radical (unpaired) electrons. The summed E-state index contributed by atoms with van der Waals surface area (Å²) in [7, 11) is -2.43. The van der Waals surface area contributed by atoms with E-state index in [1.54, 1.807) is 0 Å². The molecule has 0 saturated heterocycles. The first kappa shape index (κ1) is 24.6. The number of aromatic nitrogens is 3. The number of benzene rings is 2. The number of methoxy groups -OCH3 is 1. The van der Waals surface area contributed by atoms with Crippen LogP contribution in [0.2, 0.25) is 5.02 Å². The summed E-state index contributed by atoms with van der Waals surface area (Å²) in [6.07, 6.45) is 1.28. The Morgan fingerprint density at radius 2 is 1.78 bits per heavy atom. The summed E-state index contributed by atoms with van der Waals surface area (Å²) in [6.45, 7) is 0. The van der Waals surface area contributed by atoms with Crippen LogP contribution in [0.15, 0.2) is 81.1 Å². The highest BCUT2D eigenvalue weighted by Crippen LogP contribution is 2.34. The molecule has 37 heavy (non-hydrogen) atoms. The number of ether oxygens (including phenoxy) is 1. The van der Waals surface area contributed by atoms with Crippen molar-refractivity contribution in [1.29, 1.82) is 0 Å². The van der Waals surface area contributed by atoms with Crippen molar-refractivity contribution in [3.05, 3.63) is 99.6 Å². The summed E-state index contributed by atoms with van der Waals surface area (Å²) in [5.41, 5.74) is 0.436. The van der Waals surface area contributed by atoms with E-state index >= 15 is 0 Å². The van der Waals surface area contributed by atoms with Crippen molar-refractivity contribution in [2.75, 3.05) is 7.11 Å². The summed E-state index contributed by atoms with van der Waals surface area (Å²) in [6, 6.07) is 12.8. The maximum Gasteiger partial charge on any atom is 0.255 e. The van der Waals surface area contributed by atoms with Crippen molar-refractivity contribution in [2.24, 2.45) is 0 Å². The van der Waals surface area contributed by atoms with Gasteiger partial charge < -0.3 is 9.26 Å². The van der Waals surface area contributed by atoms with Crippen LogP contribution in [0.4, 0.5) is 8.78 Å². The van der Waals surface area contributed by atoms with E-state index in [-0.39, 0.29) is 44.2 Å².